The molecule has 0 amide bonds. The van der Waals surface area contributed by atoms with E-state index in [1.807, 2.05) is 37.3 Å². The van der Waals surface area contributed by atoms with E-state index in [2.05, 4.69) is 4.99 Å². The Balaban J connectivity index is 2.04. The summed E-state index contributed by atoms with van der Waals surface area (Å²) >= 11 is 0. The molecule has 19 heavy (non-hydrogen) atoms. The molecule has 0 fully saturated rings. The van der Waals surface area contributed by atoms with Crippen LogP contribution in [0.2, 0.25) is 0 Å². The van der Waals surface area contributed by atoms with Gasteiger partial charge in [0, 0.05) is 6.21 Å². The Bertz CT molecular complexity index is 536. The lowest BCUT2D eigenvalue weighted by Gasteiger charge is -2.15. The van der Waals surface area contributed by atoms with E-state index in [0.29, 0.717) is 0 Å². The second-order valence-electron chi connectivity index (χ2n) is 4.43. The fourth-order valence-electron chi connectivity index (χ4n) is 1.76. The van der Waals surface area contributed by atoms with Crippen molar-refractivity contribution >= 4 is 6.21 Å². The van der Waals surface area contributed by atoms with Gasteiger partial charge in [-0.15, -0.1) is 0 Å². The molecule has 0 aromatic heterocycles. The van der Waals surface area contributed by atoms with Gasteiger partial charge >= 0.3 is 0 Å². The van der Waals surface area contributed by atoms with E-state index in [1.165, 1.54) is 12.1 Å². The van der Waals surface area contributed by atoms with Crippen LogP contribution in [-0.4, -0.2) is 17.4 Å². The summed E-state index contributed by atoms with van der Waals surface area (Å²) < 4.78 is 12.8. The number of halogens is 1. The van der Waals surface area contributed by atoms with Crippen LogP contribution in [0.15, 0.2) is 59.6 Å². The predicted molar refractivity (Wildman–Crippen MR) is 74.9 cm³/mol. The number of benzene rings is 2. The lowest BCUT2D eigenvalue weighted by atomic mass is 10.0. The summed E-state index contributed by atoms with van der Waals surface area (Å²) in [4.78, 5) is 4.30. The van der Waals surface area contributed by atoms with Crippen LogP contribution in [-0.2, 0) is 0 Å². The minimum Gasteiger partial charge on any atom is -0.386 e. The van der Waals surface area contributed by atoms with Crippen LogP contribution < -0.4 is 0 Å². The first-order chi connectivity index (χ1) is 9.16. The Morgan fingerprint density at radius 3 is 2.32 bits per heavy atom. The molecule has 2 nitrogen and oxygen atoms in total. The van der Waals surface area contributed by atoms with Gasteiger partial charge in [0.25, 0.3) is 0 Å². The van der Waals surface area contributed by atoms with Crippen LogP contribution in [0.4, 0.5) is 4.39 Å². The SMILES string of the molecule is C[C@H](N=Cc1ccc(F)cc1)[C@H](O)c1ccccc1. The Morgan fingerprint density at radius 1 is 1.05 bits per heavy atom. The van der Waals surface area contributed by atoms with Crippen molar-refractivity contribution in [2.24, 2.45) is 4.99 Å². The summed E-state index contributed by atoms with van der Waals surface area (Å²) in [6, 6.07) is 15.2. The lowest BCUT2D eigenvalue weighted by molar-refractivity contribution is 0.154. The molecular formula is C16H16FNO. The fraction of sp³-hybridized carbons (Fsp3) is 0.188. The van der Waals surface area contributed by atoms with Gasteiger partial charge in [0.05, 0.1) is 6.04 Å². The number of rotatable bonds is 4. The molecule has 3 heteroatoms. The van der Waals surface area contributed by atoms with E-state index in [9.17, 15) is 9.50 Å². The molecule has 0 unspecified atom stereocenters. The molecule has 0 spiro atoms. The second kappa shape index (κ2) is 6.25. The maximum absolute atomic E-state index is 12.8. The molecule has 2 rings (SSSR count). The molecule has 98 valence electrons. The minimum atomic E-state index is -0.641. The van der Waals surface area contributed by atoms with Gasteiger partial charge in [-0.3, -0.25) is 4.99 Å². The van der Waals surface area contributed by atoms with Crippen LogP contribution in [0.1, 0.15) is 24.2 Å². The highest BCUT2D eigenvalue weighted by molar-refractivity contribution is 5.79. The molecule has 0 saturated carbocycles. The van der Waals surface area contributed by atoms with E-state index in [1.54, 1.807) is 18.3 Å². The topological polar surface area (TPSA) is 32.6 Å². The number of hydrogen-bond donors (Lipinski definition) is 1. The zero-order valence-electron chi connectivity index (χ0n) is 10.7. The smallest absolute Gasteiger partial charge is 0.123 e. The number of aliphatic hydroxyl groups is 1. The van der Waals surface area contributed by atoms with Gasteiger partial charge < -0.3 is 5.11 Å². The van der Waals surface area contributed by atoms with Crippen LogP contribution in [0.25, 0.3) is 0 Å². The van der Waals surface area contributed by atoms with E-state index < -0.39 is 6.10 Å². The van der Waals surface area contributed by atoms with E-state index >= 15 is 0 Å². The van der Waals surface area contributed by atoms with E-state index in [0.717, 1.165) is 11.1 Å². The molecule has 0 radical (unpaired) electrons. The van der Waals surface area contributed by atoms with Crippen LogP contribution in [0.5, 0.6) is 0 Å². The first kappa shape index (κ1) is 13.4. The molecule has 0 saturated heterocycles. The monoisotopic (exact) mass is 257 g/mol. The molecule has 0 aliphatic rings. The maximum atomic E-state index is 12.8. The van der Waals surface area contributed by atoms with Crippen molar-refractivity contribution in [1.82, 2.24) is 0 Å². The first-order valence-corrected chi connectivity index (χ1v) is 6.18. The molecular weight excluding hydrogens is 241 g/mol. The minimum absolute atomic E-state index is 0.257. The van der Waals surface area contributed by atoms with Gasteiger partial charge in [-0.25, -0.2) is 4.39 Å². The second-order valence-corrected chi connectivity index (χ2v) is 4.43. The fourth-order valence-corrected chi connectivity index (χ4v) is 1.76. The molecule has 0 bridgehead atoms. The highest BCUT2D eigenvalue weighted by Gasteiger charge is 2.14. The van der Waals surface area contributed by atoms with Crippen molar-refractivity contribution in [3.63, 3.8) is 0 Å². The quantitative estimate of drug-likeness (QED) is 0.837. The Morgan fingerprint density at radius 2 is 1.68 bits per heavy atom. The van der Waals surface area contributed by atoms with Gasteiger partial charge in [-0.1, -0.05) is 42.5 Å². The normalized spacial score (nSPS) is 14.5. The maximum Gasteiger partial charge on any atom is 0.123 e. The van der Waals surface area contributed by atoms with Crippen molar-refractivity contribution in [2.45, 2.75) is 19.1 Å². The van der Waals surface area contributed by atoms with Crippen molar-refractivity contribution in [3.05, 3.63) is 71.5 Å². The number of hydrogen-bond acceptors (Lipinski definition) is 2. The summed E-state index contributed by atoms with van der Waals surface area (Å²) in [7, 11) is 0. The summed E-state index contributed by atoms with van der Waals surface area (Å²) in [5.74, 6) is -0.269. The largest absolute Gasteiger partial charge is 0.386 e. The summed E-state index contributed by atoms with van der Waals surface area (Å²) in [5.41, 5.74) is 1.65. The molecule has 1 N–H and O–H groups in total. The van der Waals surface area contributed by atoms with Gasteiger partial charge in [0.15, 0.2) is 0 Å². The number of aliphatic hydroxyl groups excluding tert-OH is 1. The van der Waals surface area contributed by atoms with Crippen LogP contribution in [0, 0.1) is 5.82 Å². The highest BCUT2D eigenvalue weighted by atomic mass is 19.1. The van der Waals surface area contributed by atoms with Crippen molar-refractivity contribution in [3.8, 4) is 0 Å². The zero-order valence-corrected chi connectivity index (χ0v) is 10.7. The highest BCUT2D eigenvalue weighted by Crippen LogP contribution is 2.18. The standard InChI is InChI=1S/C16H16FNO/c1-12(16(19)14-5-3-2-4-6-14)18-11-13-7-9-15(17)10-8-13/h2-12,16,19H,1H3/t12-,16-/m0/s1. The Kier molecular flexibility index (Phi) is 4.42. The third-order valence-electron chi connectivity index (χ3n) is 2.93. The average molecular weight is 257 g/mol. The molecule has 2 atom stereocenters. The first-order valence-electron chi connectivity index (χ1n) is 6.18. The van der Waals surface area contributed by atoms with Crippen molar-refractivity contribution < 1.29 is 9.50 Å². The molecule has 0 aliphatic heterocycles. The van der Waals surface area contributed by atoms with Gasteiger partial charge in [-0.2, -0.15) is 0 Å². The van der Waals surface area contributed by atoms with Crippen LogP contribution in [0.3, 0.4) is 0 Å². The summed E-state index contributed by atoms with van der Waals surface area (Å²) in [6.45, 7) is 1.84. The Labute approximate surface area is 112 Å². The average Bonchev–Trinajstić information content (AvgIpc) is 2.46. The molecule has 2 aromatic carbocycles. The molecule has 2 aromatic rings. The third kappa shape index (κ3) is 3.73. The number of nitrogens with zero attached hydrogens (tertiary/aromatic N) is 1. The lowest BCUT2D eigenvalue weighted by Crippen LogP contribution is -2.12. The molecule has 0 heterocycles. The Hall–Kier alpha value is -2.00. The summed E-state index contributed by atoms with van der Waals surface area (Å²) in [5, 5.41) is 10.1. The van der Waals surface area contributed by atoms with Crippen LogP contribution >= 0.6 is 0 Å². The van der Waals surface area contributed by atoms with E-state index in [-0.39, 0.29) is 11.9 Å². The summed E-state index contributed by atoms with van der Waals surface area (Å²) in [6.07, 6.45) is 1.01. The van der Waals surface area contributed by atoms with Crippen molar-refractivity contribution in [2.75, 3.05) is 0 Å². The number of aliphatic imine (C=N–C) groups is 1. The van der Waals surface area contributed by atoms with E-state index in [4.69, 9.17) is 0 Å². The molecule has 0 aliphatic carbocycles. The predicted octanol–water partition coefficient (Wildman–Crippen LogP) is 3.37. The van der Waals surface area contributed by atoms with Gasteiger partial charge in [0.1, 0.15) is 11.9 Å². The van der Waals surface area contributed by atoms with Crippen molar-refractivity contribution in [1.29, 1.82) is 0 Å². The third-order valence-corrected chi connectivity index (χ3v) is 2.93. The van der Waals surface area contributed by atoms with Gasteiger partial charge in [0.2, 0.25) is 0 Å². The zero-order chi connectivity index (χ0) is 13.7. The van der Waals surface area contributed by atoms with Gasteiger partial charge in [-0.05, 0) is 30.2 Å².